The van der Waals surface area contributed by atoms with Gasteiger partial charge in [0.05, 0.1) is 24.5 Å². The van der Waals surface area contributed by atoms with Crippen LogP contribution in [0, 0.1) is 0 Å². The number of aromatic nitrogens is 3. The molecule has 0 unspecified atom stereocenters. The van der Waals surface area contributed by atoms with E-state index in [0.717, 1.165) is 16.9 Å². The third-order valence-corrected chi connectivity index (χ3v) is 2.12. The fourth-order valence-corrected chi connectivity index (χ4v) is 1.32. The van der Waals surface area contributed by atoms with E-state index in [1.807, 2.05) is 42.6 Å². The third kappa shape index (κ3) is 2.42. The monoisotopic (exact) mass is 215 g/mol. The van der Waals surface area contributed by atoms with Gasteiger partial charge in [0.25, 0.3) is 0 Å². The molecule has 1 aromatic carbocycles. The molecular weight excluding hydrogens is 202 g/mol. The number of hydrogen-bond acceptors (Lipinski definition) is 2. The number of fused-ring (bicyclic) bond motifs is 1. The van der Waals surface area contributed by atoms with Gasteiger partial charge in [0.1, 0.15) is 0 Å². The molecule has 2 N–H and O–H groups in total. The summed E-state index contributed by atoms with van der Waals surface area (Å²) in [5.74, 6) is 0.806. The molecule has 0 atom stereocenters. The molecule has 3 rings (SSSR count). The maximum absolute atomic E-state index is 4.80. The van der Waals surface area contributed by atoms with Gasteiger partial charge in [-0.25, -0.2) is 4.98 Å². The first-order valence-corrected chi connectivity index (χ1v) is 4.95. The summed E-state index contributed by atoms with van der Waals surface area (Å²) >= 11 is 0. The van der Waals surface area contributed by atoms with Crippen LogP contribution in [0.1, 0.15) is 0 Å². The van der Waals surface area contributed by atoms with Crippen LogP contribution >= 0.6 is 0 Å². The van der Waals surface area contributed by atoms with Gasteiger partial charge in [-0.05, 0) is 24.3 Å². The number of aromatic amines is 2. The minimum Gasteiger partial charge on any atom is -0.482 e. The highest BCUT2D eigenvalue weighted by molar-refractivity contribution is 5.73. The van der Waals surface area contributed by atoms with Crippen LogP contribution in [0.2, 0.25) is 0 Å². The number of nitrogens with one attached hydrogen (secondary N) is 2. The minimum absolute atomic E-state index is 0.806. The maximum Gasteiger partial charge on any atom is 0.190 e. The number of imidazole rings is 1. The summed E-state index contributed by atoms with van der Waals surface area (Å²) in [4.78, 5) is 9.94. The lowest BCUT2D eigenvalue weighted by Crippen LogP contribution is -1.78. The normalized spacial score (nSPS) is 9.56. The van der Waals surface area contributed by atoms with Crippen molar-refractivity contribution in [2.24, 2.45) is 0 Å². The Hall–Kier alpha value is -2.23. The van der Waals surface area contributed by atoms with Gasteiger partial charge in [-0.15, -0.1) is 0 Å². The summed E-state index contributed by atoms with van der Waals surface area (Å²) < 4.78 is 4.80. The van der Waals surface area contributed by atoms with Gasteiger partial charge >= 0.3 is 0 Å². The largest absolute Gasteiger partial charge is 0.482 e. The van der Waals surface area contributed by atoms with Crippen LogP contribution in [-0.2, 0) is 0 Å². The molecule has 0 saturated carbocycles. The molecular formula is C12H13N3O. The predicted molar refractivity (Wildman–Crippen MR) is 63.4 cm³/mol. The molecule has 0 amide bonds. The Bertz CT molecular complexity index is 498. The lowest BCUT2D eigenvalue weighted by Gasteiger charge is -1.87. The summed E-state index contributed by atoms with van der Waals surface area (Å²) in [5.41, 5.74) is 2.12. The molecule has 2 aromatic heterocycles. The molecule has 0 bridgehead atoms. The van der Waals surface area contributed by atoms with Gasteiger partial charge in [0.2, 0.25) is 0 Å². The van der Waals surface area contributed by atoms with E-state index in [4.69, 9.17) is 4.74 Å². The van der Waals surface area contributed by atoms with Gasteiger partial charge in [-0.2, -0.15) is 0 Å². The van der Waals surface area contributed by atoms with Crippen LogP contribution in [-0.4, -0.2) is 22.1 Å². The van der Waals surface area contributed by atoms with Crippen LogP contribution in [0.4, 0.5) is 0 Å². The van der Waals surface area contributed by atoms with Gasteiger partial charge in [-0.1, -0.05) is 12.1 Å². The Labute approximate surface area is 93.3 Å². The molecule has 0 fully saturated rings. The Balaban J connectivity index is 0.000000125. The Kier molecular flexibility index (Phi) is 3.23. The van der Waals surface area contributed by atoms with Crippen molar-refractivity contribution in [2.75, 3.05) is 7.11 Å². The lowest BCUT2D eigenvalue weighted by atomic mass is 10.3. The first-order chi connectivity index (χ1) is 7.90. The highest BCUT2D eigenvalue weighted by Crippen LogP contribution is 2.05. The number of benzene rings is 1. The quantitative estimate of drug-likeness (QED) is 0.655. The van der Waals surface area contributed by atoms with Gasteiger partial charge < -0.3 is 14.7 Å². The van der Waals surface area contributed by atoms with Crippen molar-refractivity contribution in [1.82, 2.24) is 15.0 Å². The van der Waals surface area contributed by atoms with E-state index < -0.39 is 0 Å². The van der Waals surface area contributed by atoms with E-state index in [-0.39, 0.29) is 0 Å². The van der Waals surface area contributed by atoms with Gasteiger partial charge in [0, 0.05) is 6.20 Å². The molecule has 0 spiro atoms. The van der Waals surface area contributed by atoms with E-state index in [0.29, 0.717) is 0 Å². The molecule has 2 heterocycles. The highest BCUT2D eigenvalue weighted by Gasteiger charge is 1.88. The van der Waals surface area contributed by atoms with Crippen molar-refractivity contribution < 1.29 is 4.74 Å². The van der Waals surface area contributed by atoms with E-state index in [1.165, 1.54) is 0 Å². The first kappa shape index (κ1) is 10.3. The highest BCUT2D eigenvalue weighted by atomic mass is 16.5. The summed E-state index contributed by atoms with van der Waals surface area (Å²) in [6, 6.07) is 11.7. The number of methoxy groups -OCH3 is 1. The predicted octanol–water partition coefficient (Wildman–Crippen LogP) is 2.59. The third-order valence-electron chi connectivity index (χ3n) is 2.12. The second-order valence-electron chi connectivity index (χ2n) is 3.16. The Morgan fingerprint density at radius 3 is 2.56 bits per heavy atom. The average Bonchev–Trinajstić information content (AvgIpc) is 3.01. The fraction of sp³-hybridized carbons (Fsp3) is 0.0833. The fourth-order valence-electron chi connectivity index (χ4n) is 1.32. The van der Waals surface area contributed by atoms with Gasteiger partial charge in [0.15, 0.2) is 5.88 Å². The number of rotatable bonds is 1. The van der Waals surface area contributed by atoms with E-state index >= 15 is 0 Å². The van der Waals surface area contributed by atoms with Crippen LogP contribution in [0.5, 0.6) is 5.88 Å². The Morgan fingerprint density at radius 1 is 1.06 bits per heavy atom. The summed E-state index contributed by atoms with van der Waals surface area (Å²) in [6.45, 7) is 0. The van der Waals surface area contributed by atoms with E-state index in [9.17, 15) is 0 Å². The SMILES string of the molecule is COc1ccc[nH]1.c1ccc2[nH]cnc2c1. The molecule has 3 aromatic rings. The number of ether oxygens (including phenoxy) is 1. The molecule has 0 aliphatic carbocycles. The summed E-state index contributed by atoms with van der Waals surface area (Å²) in [7, 11) is 1.63. The Morgan fingerprint density at radius 2 is 1.94 bits per heavy atom. The molecule has 4 heteroatoms. The van der Waals surface area contributed by atoms with Crippen molar-refractivity contribution in [1.29, 1.82) is 0 Å². The van der Waals surface area contributed by atoms with Crippen LogP contribution in [0.25, 0.3) is 11.0 Å². The zero-order valence-corrected chi connectivity index (χ0v) is 8.97. The van der Waals surface area contributed by atoms with Crippen molar-refractivity contribution in [3.63, 3.8) is 0 Å². The van der Waals surface area contributed by atoms with Crippen molar-refractivity contribution >= 4 is 11.0 Å². The van der Waals surface area contributed by atoms with Crippen molar-refractivity contribution in [3.8, 4) is 5.88 Å². The van der Waals surface area contributed by atoms with E-state index in [2.05, 4.69) is 15.0 Å². The van der Waals surface area contributed by atoms with Gasteiger partial charge in [-0.3, -0.25) is 0 Å². The first-order valence-electron chi connectivity index (χ1n) is 4.95. The summed E-state index contributed by atoms with van der Waals surface area (Å²) in [6.07, 6.45) is 3.52. The van der Waals surface area contributed by atoms with Crippen LogP contribution in [0.3, 0.4) is 0 Å². The topological polar surface area (TPSA) is 53.7 Å². The number of nitrogens with zero attached hydrogens (tertiary/aromatic N) is 1. The molecule has 0 radical (unpaired) electrons. The van der Waals surface area contributed by atoms with E-state index in [1.54, 1.807) is 13.4 Å². The zero-order valence-electron chi connectivity index (χ0n) is 8.97. The van der Waals surface area contributed by atoms with Crippen LogP contribution < -0.4 is 4.74 Å². The second kappa shape index (κ2) is 5.02. The molecule has 82 valence electrons. The molecule has 4 nitrogen and oxygen atoms in total. The number of para-hydroxylation sites is 2. The summed E-state index contributed by atoms with van der Waals surface area (Å²) in [5, 5.41) is 0. The molecule has 0 aliphatic heterocycles. The van der Waals surface area contributed by atoms with Crippen molar-refractivity contribution in [3.05, 3.63) is 48.9 Å². The zero-order chi connectivity index (χ0) is 11.2. The molecule has 0 aliphatic rings. The van der Waals surface area contributed by atoms with Crippen LogP contribution in [0.15, 0.2) is 48.9 Å². The standard InChI is InChI=1S/C7H6N2.C5H7NO/c1-2-4-7-6(3-1)8-5-9-7;1-7-5-3-2-4-6-5/h1-5H,(H,8,9);2-4,6H,1H3. The van der Waals surface area contributed by atoms with Crippen molar-refractivity contribution in [2.45, 2.75) is 0 Å². The lowest BCUT2D eigenvalue weighted by molar-refractivity contribution is 0.400. The average molecular weight is 215 g/mol. The maximum atomic E-state index is 4.80. The second-order valence-corrected chi connectivity index (χ2v) is 3.16. The smallest absolute Gasteiger partial charge is 0.190 e. The molecule has 16 heavy (non-hydrogen) atoms. The molecule has 0 saturated heterocycles. The number of H-pyrrole nitrogens is 2. The minimum atomic E-state index is 0.806. The number of hydrogen-bond donors (Lipinski definition) is 2.